The number of ketones is 1. The van der Waals surface area contributed by atoms with Gasteiger partial charge < -0.3 is 4.57 Å². The first-order valence-corrected chi connectivity index (χ1v) is 12.4. The van der Waals surface area contributed by atoms with Crippen molar-refractivity contribution in [1.82, 2.24) is 23.7 Å². The molecule has 0 atom stereocenters. The summed E-state index contributed by atoms with van der Waals surface area (Å²) in [4.78, 5) is 26.2. The summed E-state index contributed by atoms with van der Waals surface area (Å²) in [6.07, 6.45) is 0.777. The fraction of sp³-hybridized carbons (Fsp3) is 0.231. The first-order chi connectivity index (χ1) is 16.9. The van der Waals surface area contributed by atoms with Gasteiger partial charge in [-0.15, -0.1) is 10.2 Å². The van der Waals surface area contributed by atoms with Crippen LogP contribution in [-0.2, 0) is 6.54 Å². The number of hydrogen-bond acceptors (Lipinski definition) is 5. The zero-order chi connectivity index (χ0) is 24.7. The van der Waals surface area contributed by atoms with Gasteiger partial charge in [-0.1, -0.05) is 43.0 Å². The Kier molecular flexibility index (Phi) is 6.02. The summed E-state index contributed by atoms with van der Waals surface area (Å²) in [5.41, 5.74) is 3.03. The Bertz CT molecular complexity index is 1650. The maximum absolute atomic E-state index is 14.4. The van der Waals surface area contributed by atoms with Crippen LogP contribution in [0.1, 0.15) is 35.1 Å². The van der Waals surface area contributed by atoms with E-state index in [0.717, 1.165) is 12.1 Å². The van der Waals surface area contributed by atoms with E-state index in [1.165, 1.54) is 17.8 Å². The van der Waals surface area contributed by atoms with Crippen LogP contribution in [0.5, 0.6) is 0 Å². The van der Waals surface area contributed by atoms with E-state index in [-0.39, 0.29) is 22.9 Å². The second-order valence-corrected chi connectivity index (χ2v) is 9.32. The molecule has 3 heterocycles. The molecular weight excluding hydrogens is 465 g/mol. The molecule has 0 spiro atoms. The summed E-state index contributed by atoms with van der Waals surface area (Å²) >= 11 is 1.27. The number of carbonyl (C=O) groups excluding carboxylic acids is 1. The molecule has 0 unspecified atom stereocenters. The molecule has 35 heavy (non-hydrogen) atoms. The number of carbonyl (C=O) groups is 1. The molecule has 0 saturated carbocycles. The number of aryl methyl sites for hydroxylation is 2. The number of para-hydroxylation sites is 2. The average Bonchev–Trinajstić information content (AvgIpc) is 3.41. The van der Waals surface area contributed by atoms with Gasteiger partial charge in [-0.05, 0) is 50.6 Å². The highest BCUT2D eigenvalue weighted by Crippen LogP contribution is 2.26. The van der Waals surface area contributed by atoms with Gasteiger partial charge in [-0.25, -0.2) is 4.39 Å². The van der Waals surface area contributed by atoms with Crippen molar-refractivity contribution < 1.29 is 9.18 Å². The number of benzene rings is 2. The van der Waals surface area contributed by atoms with E-state index in [2.05, 4.69) is 10.2 Å². The molecule has 0 aliphatic rings. The van der Waals surface area contributed by atoms with Crippen molar-refractivity contribution in [3.05, 3.63) is 87.7 Å². The van der Waals surface area contributed by atoms with E-state index in [4.69, 9.17) is 0 Å². The van der Waals surface area contributed by atoms with Crippen molar-refractivity contribution in [3.8, 4) is 5.69 Å². The summed E-state index contributed by atoms with van der Waals surface area (Å²) in [6.45, 7) is 6.20. The molecule has 0 amide bonds. The van der Waals surface area contributed by atoms with E-state index >= 15 is 0 Å². The van der Waals surface area contributed by atoms with E-state index in [0.29, 0.717) is 45.3 Å². The highest BCUT2D eigenvalue weighted by molar-refractivity contribution is 7.99. The third-order valence-corrected chi connectivity index (χ3v) is 7.01. The number of fused-ring (bicyclic) bond motifs is 3. The van der Waals surface area contributed by atoms with Gasteiger partial charge in [0.25, 0.3) is 5.56 Å². The molecule has 178 valence electrons. The summed E-state index contributed by atoms with van der Waals surface area (Å²) < 4.78 is 19.6. The van der Waals surface area contributed by atoms with Gasteiger partial charge in [0.2, 0.25) is 5.78 Å². The van der Waals surface area contributed by atoms with Crippen molar-refractivity contribution in [2.75, 3.05) is 5.75 Å². The number of halogens is 1. The Morgan fingerprint density at radius 2 is 1.80 bits per heavy atom. The van der Waals surface area contributed by atoms with Crippen molar-refractivity contribution in [2.24, 2.45) is 0 Å². The molecule has 3 aromatic heterocycles. The topological polar surface area (TPSA) is 74.2 Å². The lowest BCUT2D eigenvalue weighted by Crippen LogP contribution is -2.23. The van der Waals surface area contributed by atoms with Gasteiger partial charge in [0.1, 0.15) is 5.82 Å². The van der Waals surface area contributed by atoms with Crippen molar-refractivity contribution in [2.45, 2.75) is 38.9 Å². The molecule has 2 aromatic carbocycles. The van der Waals surface area contributed by atoms with Crippen LogP contribution >= 0.6 is 11.8 Å². The van der Waals surface area contributed by atoms with Crippen LogP contribution in [0.15, 0.2) is 64.5 Å². The maximum Gasteiger partial charge on any atom is 0.262 e. The summed E-state index contributed by atoms with van der Waals surface area (Å²) in [7, 11) is 0. The number of nitrogens with zero attached hydrogens (tertiary/aromatic N) is 5. The average molecular weight is 490 g/mol. The number of thioether (sulfide) groups is 1. The van der Waals surface area contributed by atoms with Gasteiger partial charge in [0, 0.05) is 23.5 Å². The summed E-state index contributed by atoms with van der Waals surface area (Å²) in [6, 6.07) is 15.7. The lowest BCUT2D eigenvalue weighted by atomic mass is 10.2. The van der Waals surface area contributed by atoms with Crippen LogP contribution in [0, 0.1) is 19.7 Å². The molecule has 0 N–H and O–H groups in total. The minimum absolute atomic E-state index is 0.0892. The van der Waals surface area contributed by atoms with Crippen LogP contribution in [-0.4, -0.2) is 35.3 Å². The Balaban J connectivity index is 1.50. The Morgan fingerprint density at radius 1 is 1.06 bits per heavy atom. The van der Waals surface area contributed by atoms with Crippen LogP contribution in [0.2, 0.25) is 0 Å². The number of hydrogen-bond donors (Lipinski definition) is 0. The summed E-state index contributed by atoms with van der Waals surface area (Å²) in [5.74, 6) is 0.156. The van der Waals surface area contributed by atoms with E-state index in [1.54, 1.807) is 39.5 Å². The van der Waals surface area contributed by atoms with Gasteiger partial charge in [-0.3, -0.25) is 18.6 Å². The molecule has 9 heteroatoms. The Morgan fingerprint density at radius 3 is 2.57 bits per heavy atom. The smallest absolute Gasteiger partial charge is 0.262 e. The number of rotatable bonds is 7. The van der Waals surface area contributed by atoms with E-state index < -0.39 is 0 Å². The Hall–Kier alpha value is -3.72. The van der Waals surface area contributed by atoms with Gasteiger partial charge in [0.05, 0.1) is 22.3 Å². The first kappa shape index (κ1) is 23.0. The molecule has 5 aromatic rings. The zero-order valence-corrected chi connectivity index (χ0v) is 20.5. The van der Waals surface area contributed by atoms with Crippen molar-refractivity contribution in [1.29, 1.82) is 0 Å². The van der Waals surface area contributed by atoms with Gasteiger partial charge in [-0.2, -0.15) is 0 Å². The quantitative estimate of drug-likeness (QED) is 0.238. The van der Waals surface area contributed by atoms with Crippen LogP contribution in [0.3, 0.4) is 0 Å². The lowest BCUT2D eigenvalue weighted by Gasteiger charge is -2.11. The molecular formula is C26H24FN5O2S. The molecule has 0 fully saturated rings. The number of aromatic nitrogens is 5. The zero-order valence-electron chi connectivity index (χ0n) is 19.7. The SMILES string of the molecule is CCCn1c(=O)c2ccccc2n2c(SCC(=O)c3cc(C)n(-c4ccccc4F)c3C)nnc12. The normalized spacial score (nSPS) is 11.5. The standard InChI is InChI=1S/C26H24FN5O2S/c1-4-13-30-24(34)18-9-5-7-11-21(18)32-25(30)28-29-26(32)35-15-23(33)19-14-16(2)31(17(19)3)22-12-8-6-10-20(22)27/h5-12,14H,4,13,15H2,1-3H3. The van der Waals surface area contributed by atoms with Crippen molar-refractivity contribution in [3.63, 3.8) is 0 Å². The Labute approximate surface area is 205 Å². The first-order valence-electron chi connectivity index (χ1n) is 11.4. The lowest BCUT2D eigenvalue weighted by molar-refractivity contribution is 0.102. The predicted molar refractivity (Wildman–Crippen MR) is 135 cm³/mol. The third kappa shape index (κ3) is 3.85. The van der Waals surface area contributed by atoms with Crippen LogP contribution in [0.4, 0.5) is 4.39 Å². The molecule has 0 aliphatic carbocycles. The number of Topliss-reactive ketones (excluding diaryl/α,β-unsaturated/α-hetero) is 1. The molecule has 5 rings (SSSR count). The third-order valence-electron chi connectivity index (χ3n) is 6.08. The molecule has 7 nitrogen and oxygen atoms in total. The van der Waals surface area contributed by atoms with Crippen molar-refractivity contribution >= 4 is 34.2 Å². The predicted octanol–water partition coefficient (Wildman–Crippen LogP) is 4.98. The van der Waals surface area contributed by atoms with Gasteiger partial charge >= 0.3 is 0 Å². The second-order valence-electron chi connectivity index (χ2n) is 8.38. The molecule has 0 radical (unpaired) electrons. The second kappa shape index (κ2) is 9.14. The fourth-order valence-corrected chi connectivity index (χ4v) is 5.33. The van der Waals surface area contributed by atoms with Gasteiger partial charge in [0.15, 0.2) is 10.9 Å². The van der Waals surface area contributed by atoms with Crippen LogP contribution in [0.25, 0.3) is 22.4 Å². The molecule has 0 saturated heterocycles. The monoisotopic (exact) mass is 489 g/mol. The minimum atomic E-state index is -0.345. The minimum Gasteiger partial charge on any atom is -0.315 e. The fourth-order valence-electron chi connectivity index (χ4n) is 4.51. The van der Waals surface area contributed by atoms with Crippen LogP contribution < -0.4 is 5.56 Å². The largest absolute Gasteiger partial charge is 0.315 e. The highest BCUT2D eigenvalue weighted by Gasteiger charge is 2.21. The van der Waals surface area contributed by atoms with E-state index in [9.17, 15) is 14.0 Å². The maximum atomic E-state index is 14.4. The molecule has 0 bridgehead atoms. The summed E-state index contributed by atoms with van der Waals surface area (Å²) in [5, 5.41) is 9.71. The highest BCUT2D eigenvalue weighted by atomic mass is 32.2. The van der Waals surface area contributed by atoms with E-state index in [1.807, 2.05) is 43.4 Å². The molecule has 0 aliphatic heterocycles.